The molecule has 20 heavy (non-hydrogen) atoms. The van der Waals surface area contributed by atoms with E-state index in [9.17, 15) is 5.11 Å². The Morgan fingerprint density at radius 1 is 1.25 bits per heavy atom. The third kappa shape index (κ3) is 3.97. The van der Waals surface area contributed by atoms with Crippen LogP contribution in [-0.2, 0) is 6.54 Å². The summed E-state index contributed by atoms with van der Waals surface area (Å²) >= 11 is 0. The van der Waals surface area contributed by atoms with Gasteiger partial charge in [-0.15, -0.1) is 0 Å². The quantitative estimate of drug-likeness (QED) is 0.728. The molecule has 2 rings (SSSR count). The van der Waals surface area contributed by atoms with Gasteiger partial charge in [0, 0.05) is 30.9 Å². The van der Waals surface area contributed by atoms with E-state index in [-0.39, 0.29) is 6.61 Å². The topological polar surface area (TPSA) is 35.5 Å². The van der Waals surface area contributed by atoms with Crippen LogP contribution < -0.4 is 10.2 Å². The Hall–Kier alpha value is -1.06. The summed E-state index contributed by atoms with van der Waals surface area (Å²) in [4.78, 5) is 2.38. The molecule has 3 nitrogen and oxygen atoms in total. The molecule has 0 radical (unpaired) electrons. The summed E-state index contributed by atoms with van der Waals surface area (Å²) < 4.78 is 0. The van der Waals surface area contributed by atoms with Gasteiger partial charge in [0.05, 0.1) is 6.61 Å². The van der Waals surface area contributed by atoms with Crippen molar-refractivity contribution in [2.75, 3.05) is 18.1 Å². The Kier molecular flexibility index (Phi) is 5.86. The fourth-order valence-corrected chi connectivity index (χ4v) is 2.82. The van der Waals surface area contributed by atoms with Crippen LogP contribution in [0, 0.1) is 0 Å². The fraction of sp³-hybridized carbons (Fsp3) is 0.647. The van der Waals surface area contributed by atoms with E-state index in [0.29, 0.717) is 12.6 Å². The third-order valence-electron chi connectivity index (χ3n) is 4.18. The summed E-state index contributed by atoms with van der Waals surface area (Å²) in [6.07, 6.45) is 4.85. The summed E-state index contributed by atoms with van der Waals surface area (Å²) in [5, 5.41) is 13.0. The molecule has 0 spiro atoms. The van der Waals surface area contributed by atoms with Crippen LogP contribution in [0.15, 0.2) is 24.3 Å². The average molecular weight is 276 g/mol. The van der Waals surface area contributed by atoms with Crippen molar-refractivity contribution in [3.63, 3.8) is 0 Å². The Bertz CT molecular complexity index is 400. The second-order valence-electron chi connectivity index (χ2n) is 5.67. The largest absolute Gasteiger partial charge is 0.395 e. The highest BCUT2D eigenvalue weighted by Gasteiger charge is 2.22. The van der Waals surface area contributed by atoms with Crippen molar-refractivity contribution in [1.29, 1.82) is 0 Å². The number of benzene rings is 1. The summed E-state index contributed by atoms with van der Waals surface area (Å²) in [5.74, 6) is 0. The first-order valence-corrected chi connectivity index (χ1v) is 7.98. The molecule has 0 aliphatic heterocycles. The van der Waals surface area contributed by atoms with Gasteiger partial charge in [0.1, 0.15) is 0 Å². The van der Waals surface area contributed by atoms with Gasteiger partial charge in [0.25, 0.3) is 0 Å². The first-order valence-electron chi connectivity index (χ1n) is 7.98. The SMILES string of the molecule is CCC(CC)N(CCO)c1ccccc1CNC1CC1. The predicted octanol–water partition coefficient (Wildman–Crippen LogP) is 2.93. The van der Waals surface area contributed by atoms with Gasteiger partial charge in [-0.3, -0.25) is 0 Å². The molecule has 2 N–H and O–H groups in total. The maximum absolute atomic E-state index is 9.40. The van der Waals surface area contributed by atoms with Gasteiger partial charge in [-0.05, 0) is 37.3 Å². The van der Waals surface area contributed by atoms with Crippen LogP contribution in [-0.4, -0.2) is 30.3 Å². The van der Waals surface area contributed by atoms with Gasteiger partial charge < -0.3 is 15.3 Å². The smallest absolute Gasteiger partial charge is 0.0606 e. The Morgan fingerprint density at radius 2 is 1.95 bits per heavy atom. The molecule has 0 atom stereocenters. The number of hydrogen-bond acceptors (Lipinski definition) is 3. The number of nitrogens with zero attached hydrogens (tertiary/aromatic N) is 1. The second kappa shape index (κ2) is 7.65. The normalized spacial score (nSPS) is 14.8. The van der Waals surface area contributed by atoms with E-state index in [0.717, 1.165) is 25.4 Å². The Morgan fingerprint density at radius 3 is 2.55 bits per heavy atom. The molecular weight excluding hydrogens is 248 g/mol. The summed E-state index contributed by atoms with van der Waals surface area (Å²) in [6.45, 7) is 6.31. The molecule has 0 amide bonds. The lowest BCUT2D eigenvalue weighted by atomic mass is 10.1. The maximum Gasteiger partial charge on any atom is 0.0606 e. The standard InChI is InChI=1S/C17H28N2O/c1-3-16(4-2)19(11-12-20)17-8-6-5-7-14(17)13-18-15-9-10-15/h5-8,15-16,18,20H,3-4,9-13H2,1-2H3. The maximum atomic E-state index is 9.40. The van der Waals surface area contributed by atoms with Crippen LogP contribution in [0.5, 0.6) is 0 Å². The van der Waals surface area contributed by atoms with Crippen molar-refractivity contribution in [3.05, 3.63) is 29.8 Å². The van der Waals surface area contributed by atoms with E-state index in [2.05, 4.69) is 48.3 Å². The van der Waals surface area contributed by atoms with Crippen molar-refractivity contribution >= 4 is 5.69 Å². The summed E-state index contributed by atoms with van der Waals surface area (Å²) in [6, 6.07) is 9.84. The fourth-order valence-electron chi connectivity index (χ4n) is 2.82. The number of nitrogens with one attached hydrogen (secondary N) is 1. The van der Waals surface area contributed by atoms with E-state index in [4.69, 9.17) is 0 Å². The van der Waals surface area contributed by atoms with E-state index in [1.807, 2.05) is 0 Å². The minimum atomic E-state index is 0.209. The number of aliphatic hydroxyl groups excluding tert-OH is 1. The lowest BCUT2D eigenvalue weighted by Gasteiger charge is -2.34. The molecule has 1 fully saturated rings. The molecule has 1 saturated carbocycles. The highest BCUT2D eigenvalue weighted by molar-refractivity contribution is 5.54. The van der Waals surface area contributed by atoms with Crippen LogP contribution in [0.4, 0.5) is 5.69 Å². The molecule has 0 unspecified atom stereocenters. The molecule has 1 aliphatic carbocycles. The number of rotatable bonds is 9. The van der Waals surface area contributed by atoms with E-state index < -0.39 is 0 Å². The van der Waals surface area contributed by atoms with Crippen molar-refractivity contribution < 1.29 is 5.11 Å². The minimum Gasteiger partial charge on any atom is -0.395 e. The summed E-state index contributed by atoms with van der Waals surface area (Å²) in [5.41, 5.74) is 2.63. The second-order valence-corrected chi connectivity index (χ2v) is 5.67. The molecule has 0 saturated heterocycles. The highest BCUT2D eigenvalue weighted by Crippen LogP contribution is 2.26. The number of hydrogen-bond donors (Lipinski definition) is 2. The number of aliphatic hydroxyl groups is 1. The zero-order valence-corrected chi connectivity index (χ0v) is 12.8. The van der Waals surface area contributed by atoms with Gasteiger partial charge in [-0.25, -0.2) is 0 Å². The van der Waals surface area contributed by atoms with Gasteiger partial charge in [-0.1, -0.05) is 32.0 Å². The molecular formula is C17H28N2O. The van der Waals surface area contributed by atoms with Crippen molar-refractivity contribution in [3.8, 4) is 0 Å². The van der Waals surface area contributed by atoms with Crippen molar-refractivity contribution in [2.45, 2.75) is 58.2 Å². The molecule has 1 aromatic rings. The van der Waals surface area contributed by atoms with Crippen LogP contribution in [0.2, 0.25) is 0 Å². The van der Waals surface area contributed by atoms with E-state index >= 15 is 0 Å². The molecule has 1 aromatic carbocycles. The van der Waals surface area contributed by atoms with Gasteiger partial charge in [-0.2, -0.15) is 0 Å². The molecule has 0 aromatic heterocycles. The number of anilines is 1. The Labute approximate surface area is 123 Å². The van der Waals surface area contributed by atoms with Crippen molar-refractivity contribution in [1.82, 2.24) is 5.32 Å². The van der Waals surface area contributed by atoms with Gasteiger partial charge in [0.15, 0.2) is 0 Å². The lowest BCUT2D eigenvalue weighted by Crippen LogP contribution is -2.37. The van der Waals surface area contributed by atoms with Crippen LogP contribution in [0.25, 0.3) is 0 Å². The van der Waals surface area contributed by atoms with Gasteiger partial charge >= 0.3 is 0 Å². The average Bonchev–Trinajstić information content (AvgIpc) is 3.30. The van der Waals surface area contributed by atoms with Gasteiger partial charge in [0.2, 0.25) is 0 Å². The Balaban J connectivity index is 2.16. The lowest BCUT2D eigenvalue weighted by molar-refractivity contribution is 0.296. The van der Waals surface area contributed by atoms with E-state index in [1.165, 1.54) is 24.1 Å². The third-order valence-corrected chi connectivity index (χ3v) is 4.18. The summed E-state index contributed by atoms with van der Waals surface area (Å²) in [7, 11) is 0. The molecule has 0 bridgehead atoms. The monoisotopic (exact) mass is 276 g/mol. The minimum absolute atomic E-state index is 0.209. The number of para-hydroxylation sites is 1. The molecule has 3 heteroatoms. The van der Waals surface area contributed by atoms with E-state index in [1.54, 1.807) is 0 Å². The first kappa shape index (κ1) is 15.3. The molecule has 112 valence electrons. The van der Waals surface area contributed by atoms with Crippen LogP contribution >= 0.6 is 0 Å². The molecule has 0 heterocycles. The zero-order chi connectivity index (χ0) is 14.4. The van der Waals surface area contributed by atoms with Crippen LogP contribution in [0.3, 0.4) is 0 Å². The van der Waals surface area contributed by atoms with Crippen molar-refractivity contribution in [2.24, 2.45) is 0 Å². The molecule has 1 aliphatic rings. The highest BCUT2D eigenvalue weighted by atomic mass is 16.3. The predicted molar refractivity (Wildman–Crippen MR) is 85.1 cm³/mol. The van der Waals surface area contributed by atoms with Crippen LogP contribution in [0.1, 0.15) is 45.1 Å². The first-order chi connectivity index (χ1) is 9.80. The zero-order valence-electron chi connectivity index (χ0n) is 12.8.